The summed E-state index contributed by atoms with van der Waals surface area (Å²) in [5.41, 5.74) is 1.59. The molecule has 0 unspecified atom stereocenters. The molecule has 0 amide bonds. The number of halogens is 3. The van der Waals surface area contributed by atoms with E-state index in [1.165, 1.54) is 37.8 Å². The summed E-state index contributed by atoms with van der Waals surface area (Å²) in [5.74, 6) is 0. The predicted molar refractivity (Wildman–Crippen MR) is 101 cm³/mol. The second kappa shape index (κ2) is 7.31. The molecular weight excluding hydrogens is 349 g/mol. The van der Waals surface area contributed by atoms with Crippen LogP contribution in [-0.4, -0.2) is 11.0 Å². The van der Waals surface area contributed by atoms with Gasteiger partial charge in [0.25, 0.3) is 0 Å². The summed E-state index contributed by atoms with van der Waals surface area (Å²) in [5, 5.41) is 4.50. The Morgan fingerprint density at radius 1 is 0.926 bits per heavy atom. The Morgan fingerprint density at radius 3 is 2.48 bits per heavy atom. The molecule has 2 nitrogen and oxygen atoms in total. The first kappa shape index (κ1) is 18.0. The lowest BCUT2D eigenvalue weighted by Gasteiger charge is -2.15. The molecule has 1 heterocycles. The number of para-hydroxylation sites is 1. The molecule has 1 fully saturated rings. The molecule has 0 atom stereocenters. The number of nitrogens with one attached hydrogen (secondary N) is 1. The van der Waals surface area contributed by atoms with Crippen molar-refractivity contribution in [2.24, 2.45) is 0 Å². The molecule has 1 aromatic heterocycles. The van der Waals surface area contributed by atoms with E-state index in [2.05, 4.69) is 10.3 Å². The Balaban J connectivity index is 1.73. The molecule has 27 heavy (non-hydrogen) atoms. The van der Waals surface area contributed by atoms with Crippen molar-refractivity contribution in [2.45, 2.75) is 44.4 Å². The second-order valence-corrected chi connectivity index (χ2v) is 7.09. The molecule has 1 aliphatic carbocycles. The first-order valence-corrected chi connectivity index (χ1v) is 9.31. The number of alkyl halides is 3. The molecule has 1 N–H and O–H groups in total. The van der Waals surface area contributed by atoms with Crippen LogP contribution in [0.3, 0.4) is 0 Å². The summed E-state index contributed by atoms with van der Waals surface area (Å²) in [4.78, 5) is 4.62. The van der Waals surface area contributed by atoms with Crippen molar-refractivity contribution >= 4 is 10.9 Å². The number of aromatic nitrogens is 1. The largest absolute Gasteiger partial charge is 0.417 e. The zero-order chi connectivity index (χ0) is 18.9. The van der Waals surface area contributed by atoms with Gasteiger partial charge in [0.15, 0.2) is 0 Å². The van der Waals surface area contributed by atoms with Crippen molar-refractivity contribution < 1.29 is 13.2 Å². The Bertz CT molecular complexity index is 944. The average Bonchev–Trinajstić information content (AvgIpc) is 3.19. The minimum Gasteiger partial charge on any atom is -0.310 e. The van der Waals surface area contributed by atoms with Gasteiger partial charge in [0.05, 0.1) is 16.8 Å². The normalized spacial score (nSPS) is 15.5. The van der Waals surface area contributed by atoms with E-state index in [0.717, 1.165) is 22.5 Å². The number of nitrogens with zero attached hydrogens (tertiary/aromatic N) is 1. The molecule has 1 aliphatic rings. The number of rotatable bonds is 4. The smallest absolute Gasteiger partial charge is 0.310 e. The van der Waals surface area contributed by atoms with Gasteiger partial charge >= 0.3 is 6.18 Å². The van der Waals surface area contributed by atoms with Crippen LogP contribution in [0.1, 0.15) is 36.8 Å². The van der Waals surface area contributed by atoms with E-state index in [-0.39, 0.29) is 5.56 Å². The number of hydrogen-bond acceptors (Lipinski definition) is 2. The summed E-state index contributed by atoms with van der Waals surface area (Å²) in [6, 6.07) is 15.6. The molecule has 0 aliphatic heterocycles. The van der Waals surface area contributed by atoms with Gasteiger partial charge in [-0.3, -0.25) is 0 Å². The molecule has 140 valence electrons. The highest BCUT2D eigenvalue weighted by Crippen LogP contribution is 2.36. The minimum absolute atomic E-state index is 0.116. The quantitative estimate of drug-likeness (QED) is 0.614. The Labute approximate surface area is 156 Å². The maximum absolute atomic E-state index is 13.4. The van der Waals surface area contributed by atoms with E-state index < -0.39 is 11.7 Å². The standard InChI is InChI=1S/C22H21F3N2/c23-22(24,25)19-11-4-3-10-18(19)20-13-12-15-6-5-7-16(21(15)27-20)14-26-17-8-1-2-9-17/h3-7,10-13,17,26H,1-2,8-9,14H2. The summed E-state index contributed by atoms with van der Waals surface area (Å²) in [6.07, 6.45) is 0.467. The molecule has 5 heteroatoms. The summed E-state index contributed by atoms with van der Waals surface area (Å²) in [7, 11) is 0. The third-order valence-electron chi connectivity index (χ3n) is 5.25. The zero-order valence-electron chi connectivity index (χ0n) is 14.9. The summed E-state index contributed by atoms with van der Waals surface area (Å²) < 4.78 is 40.1. The maximum Gasteiger partial charge on any atom is 0.417 e. The average molecular weight is 370 g/mol. The fraction of sp³-hybridized carbons (Fsp3) is 0.318. The molecule has 0 spiro atoms. The van der Waals surface area contributed by atoms with Crippen LogP contribution in [0.15, 0.2) is 54.6 Å². The van der Waals surface area contributed by atoms with Gasteiger partial charge in [0.1, 0.15) is 0 Å². The highest BCUT2D eigenvalue weighted by atomic mass is 19.4. The lowest BCUT2D eigenvalue weighted by atomic mass is 10.0. The van der Waals surface area contributed by atoms with E-state index in [9.17, 15) is 13.2 Å². The van der Waals surface area contributed by atoms with Crippen molar-refractivity contribution in [3.8, 4) is 11.3 Å². The van der Waals surface area contributed by atoms with Gasteiger partial charge in [0, 0.05) is 23.5 Å². The van der Waals surface area contributed by atoms with Crippen LogP contribution in [0.2, 0.25) is 0 Å². The number of benzene rings is 2. The van der Waals surface area contributed by atoms with Crippen LogP contribution in [0.4, 0.5) is 13.2 Å². The topological polar surface area (TPSA) is 24.9 Å². The first-order chi connectivity index (χ1) is 13.0. The van der Waals surface area contributed by atoms with Gasteiger partial charge in [-0.05, 0) is 30.5 Å². The minimum atomic E-state index is -4.41. The van der Waals surface area contributed by atoms with E-state index in [1.54, 1.807) is 12.1 Å². The van der Waals surface area contributed by atoms with Gasteiger partial charge < -0.3 is 5.32 Å². The molecule has 3 aromatic rings. The molecule has 4 rings (SSSR count). The van der Waals surface area contributed by atoms with Crippen molar-refractivity contribution in [1.82, 2.24) is 10.3 Å². The predicted octanol–water partition coefficient (Wildman–Crippen LogP) is 5.95. The van der Waals surface area contributed by atoms with Crippen LogP contribution in [-0.2, 0) is 12.7 Å². The molecule has 2 aromatic carbocycles. The fourth-order valence-corrected chi connectivity index (χ4v) is 3.84. The second-order valence-electron chi connectivity index (χ2n) is 7.09. The number of pyridine rings is 1. The Kier molecular flexibility index (Phi) is 4.87. The van der Waals surface area contributed by atoms with Crippen LogP contribution < -0.4 is 5.32 Å². The lowest BCUT2D eigenvalue weighted by Crippen LogP contribution is -2.25. The fourth-order valence-electron chi connectivity index (χ4n) is 3.84. The first-order valence-electron chi connectivity index (χ1n) is 9.31. The van der Waals surface area contributed by atoms with Crippen LogP contribution >= 0.6 is 0 Å². The molecule has 0 bridgehead atoms. The van der Waals surface area contributed by atoms with E-state index >= 15 is 0 Å². The van der Waals surface area contributed by atoms with Gasteiger partial charge in [0.2, 0.25) is 0 Å². The maximum atomic E-state index is 13.4. The Morgan fingerprint density at radius 2 is 1.70 bits per heavy atom. The molecule has 1 saturated carbocycles. The summed E-state index contributed by atoms with van der Waals surface area (Å²) >= 11 is 0. The SMILES string of the molecule is FC(F)(F)c1ccccc1-c1ccc2cccc(CNC3CCCC3)c2n1. The van der Waals surface area contributed by atoms with E-state index in [0.29, 0.717) is 18.3 Å². The van der Waals surface area contributed by atoms with Crippen LogP contribution in [0.5, 0.6) is 0 Å². The summed E-state index contributed by atoms with van der Waals surface area (Å²) in [6.45, 7) is 0.680. The van der Waals surface area contributed by atoms with Crippen molar-refractivity contribution in [3.05, 3.63) is 65.7 Å². The third-order valence-corrected chi connectivity index (χ3v) is 5.25. The monoisotopic (exact) mass is 370 g/mol. The van der Waals surface area contributed by atoms with Crippen LogP contribution in [0, 0.1) is 0 Å². The van der Waals surface area contributed by atoms with E-state index in [4.69, 9.17) is 0 Å². The highest BCUT2D eigenvalue weighted by molar-refractivity contribution is 5.84. The van der Waals surface area contributed by atoms with Gasteiger partial charge in [-0.2, -0.15) is 13.2 Å². The van der Waals surface area contributed by atoms with Crippen molar-refractivity contribution in [3.63, 3.8) is 0 Å². The van der Waals surface area contributed by atoms with Gasteiger partial charge in [-0.1, -0.05) is 55.3 Å². The third kappa shape index (κ3) is 3.83. The van der Waals surface area contributed by atoms with E-state index in [1.807, 2.05) is 24.3 Å². The Hall–Kier alpha value is -2.40. The molecule has 0 radical (unpaired) electrons. The highest BCUT2D eigenvalue weighted by Gasteiger charge is 2.33. The van der Waals surface area contributed by atoms with Crippen molar-refractivity contribution in [1.29, 1.82) is 0 Å². The molecule has 0 saturated heterocycles. The van der Waals surface area contributed by atoms with Gasteiger partial charge in [-0.15, -0.1) is 0 Å². The van der Waals surface area contributed by atoms with Crippen LogP contribution in [0.25, 0.3) is 22.2 Å². The number of fused-ring (bicyclic) bond motifs is 1. The van der Waals surface area contributed by atoms with Crippen molar-refractivity contribution in [2.75, 3.05) is 0 Å². The zero-order valence-corrected chi connectivity index (χ0v) is 14.9. The molecular formula is C22H21F3N2. The lowest BCUT2D eigenvalue weighted by molar-refractivity contribution is -0.137. The van der Waals surface area contributed by atoms with Gasteiger partial charge in [-0.25, -0.2) is 4.98 Å². The number of hydrogen-bond donors (Lipinski definition) is 1.